The molecule has 1 amide bonds. The molecule has 0 aromatic heterocycles. The molecule has 0 aliphatic heterocycles. The lowest BCUT2D eigenvalue weighted by atomic mass is 9.71. The molecule has 0 spiro atoms. The molecule has 0 aromatic carbocycles. The molecule has 1 atom stereocenters. The van der Waals surface area contributed by atoms with Crippen molar-refractivity contribution in [1.82, 2.24) is 5.32 Å². The van der Waals surface area contributed by atoms with Crippen LogP contribution in [0.2, 0.25) is 0 Å². The minimum atomic E-state index is -0.592. The minimum absolute atomic E-state index is 0.0727. The third-order valence-corrected chi connectivity index (χ3v) is 3.90. The standard InChI is InChI=1S/C14H26N2O3/c1-3-19-13(18)11(2)16-12(17)9-14(10-15)7-5-4-6-8-14/h11H,3-10,15H2,1-2H3,(H,16,17). The number of esters is 1. The molecule has 1 rings (SSSR count). The summed E-state index contributed by atoms with van der Waals surface area (Å²) >= 11 is 0. The van der Waals surface area contributed by atoms with E-state index >= 15 is 0 Å². The Labute approximate surface area is 115 Å². The fraction of sp³-hybridized carbons (Fsp3) is 0.857. The van der Waals surface area contributed by atoms with Crippen LogP contribution in [0.3, 0.4) is 0 Å². The number of ether oxygens (including phenoxy) is 1. The van der Waals surface area contributed by atoms with E-state index in [0.29, 0.717) is 19.6 Å². The van der Waals surface area contributed by atoms with Crippen molar-refractivity contribution < 1.29 is 14.3 Å². The van der Waals surface area contributed by atoms with Gasteiger partial charge in [0.2, 0.25) is 5.91 Å². The second-order valence-corrected chi connectivity index (χ2v) is 5.48. The van der Waals surface area contributed by atoms with E-state index in [9.17, 15) is 9.59 Å². The van der Waals surface area contributed by atoms with Gasteiger partial charge in [-0.05, 0) is 38.6 Å². The number of hydrogen-bond acceptors (Lipinski definition) is 4. The molecule has 1 fully saturated rings. The lowest BCUT2D eigenvalue weighted by Crippen LogP contribution is -2.44. The van der Waals surface area contributed by atoms with Crippen molar-refractivity contribution in [2.24, 2.45) is 11.1 Å². The highest BCUT2D eigenvalue weighted by molar-refractivity contribution is 5.84. The van der Waals surface area contributed by atoms with Crippen molar-refractivity contribution >= 4 is 11.9 Å². The van der Waals surface area contributed by atoms with E-state index in [-0.39, 0.29) is 17.3 Å². The van der Waals surface area contributed by atoms with Crippen LogP contribution in [0.4, 0.5) is 0 Å². The number of hydrogen-bond donors (Lipinski definition) is 2. The summed E-state index contributed by atoms with van der Waals surface area (Å²) in [6.07, 6.45) is 5.92. The van der Waals surface area contributed by atoms with Gasteiger partial charge in [-0.1, -0.05) is 19.3 Å². The molecule has 0 heterocycles. The maximum atomic E-state index is 12.0. The summed E-state index contributed by atoms with van der Waals surface area (Å²) in [4.78, 5) is 23.5. The largest absolute Gasteiger partial charge is 0.464 e. The van der Waals surface area contributed by atoms with Gasteiger partial charge in [-0.15, -0.1) is 0 Å². The molecule has 5 nitrogen and oxygen atoms in total. The number of rotatable bonds is 6. The maximum Gasteiger partial charge on any atom is 0.328 e. The van der Waals surface area contributed by atoms with Gasteiger partial charge in [0.25, 0.3) is 0 Å². The van der Waals surface area contributed by atoms with Crippen molar-refractivity contribution in [2.45, 2.75) is 58.4 Å². The molecule has 110 valence electrons. The summed E-state index contributed by atoms with van der Waals surface area (Å²) in [6, 6.07) is -0.592. The van der Waals surface area contributed by atoms with Gasteiger partial charge in [-0.25, -0.2) is 4.79 Å². The molecular formula is C14H26N2O3. The number of carbonyl (C=O) groups excluding carboxylic acids is 2. The molecular weight excluding hydrogens is 244 g/mol. The van der Waals surface area contributed by atoms with E-state index in [1.54, 1.807) is 13.8 Å². The SMILES string of the molecule is CCOC(=O)C(C)NC(=O)CC1(CN)CCCCC1. The van der Waals surface area contributed by atoms with Gasteiger partial charge in [0, 0.05) is 6.42 Å². The van der Waals surface area contributed by atoms with E-state index < -0.39 is 6.04 Å². The Morgan fingerprint density at radius 2 is 1.95 bits per heavy atom. The molecule has 0 radical (unpaired) electrons. The van der Waals surface area contributed by atoms with Gasteiger partial charge >= 0.3 is 5.97 Å². The normalized spacial score (nSPS) is 19.5. The van der Waals surface area contributed by atoms with Crippen LogP contribution in [0.5, 0.6) is 0 Å². The van der Waals surface area contributed by atoms with E-state index in [2.05, 4.69) is 5.32 Å². The van der Waals surface area contributed by atoms with Crippen molar-refractivity contribution in [3.63, 3.8) is 0 Å². The molecule has 1 aliphatic rings. The van der Waals surface area contributed by atoms with Crippen LogP contribution in [0.1, 0.15) is 52.4 Å². The van der Waals surface area contributed by atoms with E-state index in [0.717, 1.165) is 25.7 Å². The summed E-state index contributed by atoms with van der Waals surface area (Å²) in [6.45, 7) is 4.25. The molecule has 0 saturated heterocycles. The van der Waals surface area contributed by atoms with Crippen LogP contribution in [-0.4, -0.2) is 31.1 Å². The lowest BCUT2D eigenvalue weighted by Gasteiger charge is -2.35. The summed E-state index contributed by atoms with van der Waals surface area (Å²) < 4.78 is 4.87. The topological polar surface area (TPSA) is 81.4 Å². The lowest BCUT2D eigenvalue weighted by molar-refractivity contribution is -0.147. The van der Waals surface area contributed by atoms with E-state index in [1.165, 1.54) is 6.42 Å². The first-order valence-electron chi connectivity index (χ1n) is 7.19. The second-order valence-electron chi connectivity index (χ2n) is 5.48. The predicted octanol–water partition coefficient (Wildman–Crippen LogP) is 1.35. The minimum Gasteiger partial charge on any atom is -0.464 e. The Bertz CT molecular complexity index is 312. The van der Waals surface area contributed by atoms with Crippen LogP contribution in [0.25, 0.3) is 0 Å². The predicted molar refractivity (Wildman–Crippen MR) is 73.4 cm³/mol. The highest BCUT2D eigenvalue weighted by Crippen LogP contribution is 2.38. The number of nitrogens with two attached hydrogens (primary N) is 1. The molecule has 1 unspecified atom stereocenters. The first-order chi connectivity index (χ1) is 9.03. The fourth-order valence-electron chi connectivity index (χ4n) is 2.71. The second kappa shape index (κ2) is 7.48. The van der Waals surface area contributed by atoms with Crippen LogP contribution in [0, 0.1) is 5.41 Å². The average Bonchev–Trinajstić information content (AvgIpc) is 2.39. The zero-order chi connectivity index (χ0) is 14.3. The Morgan fingerprint density at radius 3 is 2.47 bits per heavy atom. The third kappa shape index (κ3) is 4.82. The monoisotopic (exact) mass is 270 g/mol. The smallest absolute Gasteiger partial charge is 0.328 e. The number of carbonyl (C=O) groups is 2. The number of nitrogens with one attached hydrogen (secondary N) is 1. The highest BCUT2D eigenvalue weighted by Gasteiger charge is 2.33. The van der Waals surface area contributed by atoms with E-state index in [1.807, 2.05) is 0 Å². The summed E-state index contributed by atoms with van der Waals surface area (Å²) in [5, 5.41) is 2.70. The van der Waals surface area contributed by atoms with Crippen LogP contribution in [0.15, 0.2) is 0 Å². The van der Waals surface area contributed by atoms with Gasteiger partial charge < -0.3 is 15.8 Å². The van der Waals surface area contributed by atoms with Crippen LogP contribution >= 0.6 is 0 Å². The zero-order valence-electron chi connectivity index (χ0n) is 12.0. The summed E-state index contributed by atoms with van der Waals surface area (Å²) in [5.41, 5.74) is 5.78. The van der Waals surface area contributed by atoms with Crippen molar-refractivity contribution in [3.05, 3.63) is 0 Å². The Kier molecular flexibility index (Phi) is 6.28. The zero-order valence-corrected chi connectivity index (χ0v) is 12.0. The third-order valence-electron chi connectivity index (χ3n) is 3.90. The van der Waals surface area contributed by atoms with Crippen molar-refractivity contribution in [2.75, 3.05) is 13.2 Å². The molecule has 5 heteroatoms. The number of amides is 1. The molecule has 0 bridgehead atoms. The van der Waals surface area contributed by atoms with Gasteiger partial charge in [0.1, 0.15) is 6.04 Å². The molecule has 3 N–H and O–H groups in total. The van der Waals surface area contributed by atoms with E-state index in [4.69, 9.17) is 10.5 Å². The average molecular weight is 270 g/mol. The molecule has 0 aromatic rings. The van der Waals surface area contributed by atoms with Crippen molar-refractivity contribution in [1.29, 1.82) is 0 Å². The van der Waals surface area contributed by atoms with Crippen LogP contribution in [-0.2, 0) is 14.3 Å². The maximum absolute atomic E-state index is 12.0. The van der Waals surface area contributed by atoms with Gasteiger partial charge in [0.05, 0.1) is 6.61 Å². The Morgan fingerprint density at radius 1 is 1.32 bits per heavy atom. The first-order valence-corrected chi connectivity index (χ1v) is 7.19. The fourth-order valence-corrected chi connectivity index (χ4v) is 2.71. The highest BCUT2D eigenvalue weighted by atomic mass is 16.5. The van der Waals surface area contributed by atoms with Gasteiger partial charge in [-0.3, -0.25) is 4.79 Å². The molecule has 1 saturated carbocycles. The van der Waals surface area contributed by atoms with Gasteiger partial charge in [0.15, 0.2) is 0 Å². The Balaban J connectivity index is 2.46. The quantitative estimate of drug-likeness (QED) is 0.714. The van der Waals surface area contributed by atoms with Crippen molar-refractivity contribution in [3.8, 4) is 0 Å². The van der Waals surface area contributed by atoms with Gasteiger partial charge in [-0.2, -0.15) is 0 Å². The molecule has 19 heavy (non-hydrogen) atoms. The summed E-state index contributed by atoms with van der Waals surface area (Å²) in [5.74, 6) is -0.491. The Hall–Kier alpha value is -1.10. The van der Waals surface area contributed by atoms with Crippen LogP contribution < -0.4 is 11.1 Å². The first kappa shape index (κ1) is 16.0. The molecule has 1 aliphatic carbocycles. The summed E-state index contributed by atoms with van der Waals surface area (Å²) in [7, 11) is 0.